The molecule has 0 heterocycles. The van der Waals surface area contributed by atoms with Crippen LogP contribution >= 0.6 is 0 Å². The van der Waals surface area contributed by atoms with E-state index in [2.05, 4.69) is 20.8 Å². The van der Waals surface area contributed by atoms with E-state index in [4.69, 9.17) is 15.6 Å². The van der Waals surface area contributed by atoms with Crippen LogP contribution in [0.1, 0.15) is 36.7 Å². The summed E-state index contributed by atoms with van der Waals surface area (Å²) in [6.07, 6.45) is 0. The number of carboxylic acid groups (broad SMARTS) is 1. The van der Waals surface area contributed by atoms with E-state index in [1.165, 1.54) is 12.1 Å². The highest BCUT2D eigenvalue weighted by molar-refractivity contribution is 5.89. The number of nitrogens with two attached hydrogens (primary N) is 1. The first-order valence-corrected chi connectivity index (χ1v) is 6.68. The predicted molar refractivity (Wildman–Crippen MR) is 83.0 cm³/mol. The van der Waals surface area contributed by atoms with Gasteiger partial charge < -0.3 is 15.6 Å². The third-order valence-electron chi connectivity index (χ3n) is 3.18. The van der Waals surface area contributed by atoms with Gasteiger partial charge in [-0.3, -0.25) is 0 Å². The summed E-state index contributed by atoms with van der Waals surface area (Å²) >= 11 is 0. The molecule has 0 spiro atoms. The molecule has 0 aromatic heterocycles. The maximum Gasteiger partial charge on any atom is 0.335 e. The summed E-state index contributed by atoms with van der Waals surface area (Å²) in [5, 5.41) is 8.92. The van der Waals surface area contributed by atoms with E-state index in [1.807, 2.05) is 24.3 Å². The number of carbonyl (C=O) groups is 1. The number of aromatic carboxylic acids is 1. The van der Waals surface area contributed by atoms with Crippen LogP contribution in [-0.4, -0.2) is 11.1 Å². The van der Waals surface area contributed by atoms with Crippen LogP contribution in [0.3, 0.4) is 0 Å². The zero-order valence-corrected chi connectivity index (χ0v) is 12.4. The second-order valence-corrected chi connectivity index (χ2v) is 5.94. The van der Waals surface area contributed by atoms with Gasteiger partial charge in [-0.05, 0) is 41.3 Å². The van der Waals surface area contributed by atoms with Crippen molar-refractivity contribution >= 4 is 11.7 Å². The van der Waals surface area contributed by atoms with E-state index < -0.39 is 5.97 Å². The fourth-order valence-corrected chi connectivity index (χ4v) is 1.93. The molecule has 0 fully saturated rings. The van der Waals surface area contributed by atoms with Crippen molar-refractivity contribution < 1.29 is 14.6 Å². The average Bonchev–Trinajstić information content (AvgIpc) is 2.40. The van der Waals surface area contributed by atoms with Gasteiger partial charge >= 0.3 is 5.97 Å². The maximum absolute atomic E-state index is 10.9. The first-order valence-electron chi connectivity index (χ1n) is 6.68. The van der Waals surface area contributed by atoms with Crippen molar-refractivity contribution in [2.75, 3.05) is 5.73 Å². The molecule has 0 aliphatic heterocycles. The van der Waals surface area contributed by atoms with Gasteiger partial charge in [-0.25, -0.2) is 4.79 Å². The molecule has 3 N–H and O–H groups in total. The lowest BCUT2D eigenvalue weighted by molar-refractivity contribution is 0.0697. The third kappa shape index (κ3) is 3.54. The Kier molecular flexibility index (Phi) is 3.89. The monoisotopic (exact) mass is 285 g/mol. The van der Waals surface area contributed by atoms with Gasteiger partial charge in [-0.15, -0.1) is 0 Å². The minimum absolute atomic E-state index is 0.0259. The zero-order valence-electron chi connectivity index (χ0n) is 12.4. The maximum atomic E-state index is 10.9. The van der Waals surface area contributed by atoms with Gasteiger partial charge in [0.25, 0.3) is 0 Å². The summed E-state index contributed by atoms with van der Waals surface area (Å²) < 4.78 is 5.76. The second-order valence-electron chi connectivity index (χ2n) is 5.94. The molecule has 2 rings (SSSR count). The fraction of sp³-hybridized carbons (Fsp3) is 0.235. The molecular formula is C17H19NO3. The lowest BCUT2D eigenvalue weighted by atomic mass is 9.87. The zero-order chi connectivity index (χ0) is 15.6. The van der Waals surface area contributed by atoms with Gasteiger partial charge in [0.15, 0.2) is 0 Å². The molecule has 4 heteroatoms. The summed E-state index contributed by atoms with van der Waals surface area (Å²) in [5.74, 6) is 0.117. The van der Waals surface area contributed by atoms with Gasteiger partial charge in [0.05, 0.1) is 11.3 Å². The Morgan fingerprint density at radius 2 is 1.86 bits per heavy atom. The van der Waals surface area contributed by atoms with Crippen LogP contribution in [0.4, 0.5) is 5.69 Å². The number of rotatable bonds is 3. The SMILES string of the molecule is CC(C)(C)c1cccc(Oc2ccc(C(=O)O)cc2N)c1. The number of hydrogen-bond acceptors (Lipinski definition) is 3. The summed E-state index contributed by atoms with van der Waals surface area (Å²) in [6, 6.07) is 12.2. The molecule has 0 unspecified atom stereocenters. The molecule has 0 radical (unpaired) electrons. The highest BCUT2D eigenvalue weighted by Crippen LogP contribution is 2.31. The van der Waals surface area contributed by atoms with Crippen molar-refractivity contribution in [3.63, 3.8) is 0 Å². The number of hydrogen-bond donors (Lipinski definition) is 2. The second kappa shape index (κ2) is 5.48. The van der Waals surface area contributed by atoms with Crippen LogP contribution in [-0.2, 0) is 5.41 Å². The molecule has 0 bridgehead atoms. The van der Waals surface area contributed by atoms with Crippen LogP contribution in [0.5, 0.6) is 11.5 Å². The topological polar surface area (TPSA) is 72.5 Å². The number of carboxylic acids is 1. The van der Waals surface area contributed by atoms with Crippen molar-refractivity contribution in [3.05, 3.63) is 53.6 Å². The molecule has 4 nitrogen and oxygen atoms in total. The molecule has 0 aliphatic carbocycles. The number of ether oxygens (including phenoxy) is 1. The third-order valence-corrected chi connectivity index (χ3v) is 3.18. The summed E-state index contributed by atoms with van der Waals surface area (Å²) in [6.45, 7) is 6.38. The first-order chi connectivity index (χ1) is 9.77. The Morgan fingerprint density at radius 3 is 2.43 bits per heavy atom. The first kappa shape index (κ1) is 14.9. The van der Waals surface area contributed by atoms with Gasteiger partial charge in [0, 0.05) is 0 Å². The van der Waals surface area contributed by atoms with E-state index >= 15 is 0 Å². The molecule has 0 amide bonds. The predicted octanol–water partition coefficient (Wildman–Crippen LogP) is 4.06. The lowest BCUT2D eigenvalue weighted by Gasteiger charge is -2.20. The number of anilines is 1. The quantitative estimate of drug-likeness (QED) is 0.834. The van der Waals surface area contributed by atoms with Crippen molar-refractivity contribution in [2.24, 2.45) is 0 Å². The minimum Gasteiger partial charge on any atom is -0.478 e. The summed E-state index contributed by atoms with van der Waals surface area (Å²) in [5.41, 5.74) is 7.47. The van der Waals surface area contributed by atoms with Gasteiger partial charge in [0.2, 0.25) is 0 Å². The molecule has 0 saturated heterocycles. The molecule has 110 valence electrons. The average molecular weight is 285 g/mol. The minimum atomic E-state index is -1.01. The fourth-order valence-electron chi connectivity index (χ4n) is 1.93. The van der Waals surface area contributed by atoms with Crippen molar-refractivity contribution in [2.45, 2.75) is 26.2 Å². The number of nitrogen functional groups attached to an aromatic ring is 1. The highest BCUT2D eigenvalue weighted by Gasteiger charge is 2.14. The van der Waals surface area contributed by atoms with Crippen LogP contribution in [0.2, 0.25) is 0 Å². The smallest absolute Gasteiger partial charge is 0.335 e. The van der Waals surface area contributed by atoms with Gasteiger partial charge in [-0.1, -0.05) is 32.9 Å². The Balaban J connectivity index is 2.28. The van der Waals surface area contributed by atoms with Crippen LogP contribution in [0, 0.1) is 0 Å². The van der Waals surface area contributed by atoms with Gasteiger partial charge in [-0.2, -0.15) is 0 Å². The van der Waals surface area contributed by atoms with Crippen molar-refractivity contribution in [3.8, 4) is 11.5 Å². The van der Waals surface area contributed by atoms with E-state index in [1.54, 1.807) is 6.07 Å². The molecule has 2 aromatic carbocycles. The van der Waals surface area contributed by atoms with E-state index in [0.29, 0.717) is 17.2 Å². The standard InChI is InChI=1S/C17H19NO3/c1-17(2,3)12-5-4-6-13(10-12)21-15-8-7-11(16(19)20)9-14(15)18/h4-10H,18H2,1-3H3,(H,19,20). The molecule has 0 aliphatic rings. The Hall–Kier alpha value is -2.49. The summed E-state index contributed by atoms with van der Waals surface area (Å²) in [7, 11) is 0. The van der Waals surface area contributed by atoms with Crippen LogP contribution < -0.4 is 10.5 Å². The molecule has 0 saturated carbocycles. The van der Waals surface area contributed by atoms with E-state index in [-0.39, 0.29) is 11.0 Å². The highest BCUT2D eigenvalue weighted by atomic mass is 16.5. The van der Waals surface area contributed by atoms with Gasteiger partial charge in [0.1, 0.15) is 11.5 Å². The molecule has 2 aromatic rings. The largest absolute Gasteiger partial charge is 0.478 e. The van der Waals surface area contributed by atoms with E-state index in [0.717, 1.165) is 5.56 Å². The van der Waals surface area contributed by atoms with Crippen molar-refractivity contribution in [1.82, 2.24) is 0 Å². The molecule has 0 atom stereocenters. The summed E-state index contributed by atoms with van der Waals surface area (Å²) in [4.78, 5) is 10.9. The Labute approximate surface area is 124 Å². The number of benzene rings is 2. The van der Waals surface area contributed by atoms with Crippen LogP contribution in [0.15, 0.2) is 42.5 Å². The Morgan fingerprint density at radius 1 is 1.14 bits per heavy atom. The lowest BCUT2D eigenvalue weighted by Crippen LogP contribution is -2.10. The Bertz CT molecular complexity index is 672. The van der Waals surface area contributed by atoms with Crippen LogP contribution in [0.25, 0.3) is 0 Å². The molecular weight excluding hydrogens is 266 g/mol. The normalized spacial score (nSPS) is 11.2. The molecule has 21 heavy (non-hydrogen) atoms. The van der Waals surface area contributed by atoms with E-state index in [9.17, 15) is 4.79 Å². The van der Waals surface area contributed by atoms with Crippen molar-refractivity contribution in [1.29, 1.82) is 0 Å².